The molecule has 2 N–H and O–H groups in total. The van der Waals surface area contributed by atoms with E-state index >= 15 is 0 Å². The molecule has 0 unspecified atom stereocenters. The average molecular weight is 230 g/mol. The summed E-state index contributed by atoms with van der Waals surface area (Å²) in [6, 6.07) is 7.00. The summed E-state index contributed by atoms with van der Waals surface area (Å²) in [5.74, 6) is 0. The molecule has 1 fully saturated rings. The van der Waals surface area contributed by atoms with Gasteiger partial charge in [0.1, 0.15) is 0 Å². The lowest BCUT2D eigenvalue weighted by molar-refractivity contribution is 0.133. The summed E-state index contributed by atoms with van der Waals surface area (Å²) in [6.45, 7) is 2.28. The Morgan fingerprint density at radius 3 is 2.94 bits per heavy atom. The van der Waals surface area contributed by atoms with Crippen molar-refractivity contribution in [3.63, 3.8) is 0 Å². The Kier molecular flexibility index (Phi) is 2.83. The van der Waals surface area contributed by atoms with Crippen LogP contribution in [0.25, 0.3) is 0 Å². The van der Waals surface area contributed by atoms with Crippen LogP contribution in [0.15, 0.2) is 18.2 Å². The zero-order valence-electron chi connectivity index (χ0n) is 10.7. The van der Waals surface area contributed by atoms with Crippen LogP contribution in [0.3, 0.4) is 0 Å². The van der Waals surface area contributed by atoms with Gasteiger partial charge in [0.25, 0.3) is 0 Å². The van der Waals surface area contributed by atoms with Crippen molar-refractivity contribution in [3.05, 3.63) is 29.3 Å². The maximum absolute atomic E-state index is 3.43. The number of fused-ring (bicyclic) bond motifs is 1. The number of anilines is 1. The summed E-state index contributed by atoms with van der Waals surface area (Å²) in [7, 11) is 2.08. The van der Waals surface area contributed by atoms with Crippen molar-refractivity contribution in [1.29, 1.82) is 0 Å². The number of nitrogens with one attached hydrogen (secondary N) is 2. The minimum atomic E-state index is 0.551. The van der Waals surface area contributed by atoms with Gasteiger partial charge in [-0.3, -0.25) is 0 Å². The third-order valence-corrected chi connectivity index (χ3v) is 4.42. The maximum atomic E-state index is 3.43. The Labute approximate surface area is 104 Å². The van der Waals surface area contributed by atoms with Crippen molar-refractivity contribution in [2.24, 2.45) is 5.41 Å². The van der Waals surface area contributed by atoms with E-state index in [-0.39, 0.29) is 0 Å². The number of rotatable bonds is 4. The highest BCUT2D eigenvalue weighted by molar-refractivity contribution is 5.56. The van der Waals surface area contributed by atoms with Crippen LogP contribution < -0.4 is 10.6 Å². The molecule has 0 aromatic heterocycles. The van der Waals surface area contributed by atoms with Gasteiger partial charge in [-0.25, -0.2) is 0 Å². The Balaban J connectivity index is 1.76. The Morgan fingerprint density at radius 1 is 1.35 bits per heavy atom. The van der Waals surface area contributed by atoms with E-state index in [1.807, 2.05) is 0 Å². The fraction of sp³-hybridized carbons (Fsp3) is 0.600. The molecule has 3 rings (SSSR count). The lowest BCUT2D eigenvalue weighted by atomic mass is 9.65. The first kappa shape index (κ1) is 11.1. The lowest BCUT2D eigenvalue weighted by Crippen LogP contribution is -2.40. The Hall–Kier alpha value is -1.02. The molecule has 0 bridgehead atoms. The predicted molar refractivity (Wildman–Crippen MR) is 72.6 cm³/mol. The molecule has 1 heterocycles. The molecule has 2 heteroatoms. The summed E-state index contributed by atoms with van der Waals surface area (Å²) in [5.41, 5.74) is 4.95. The van der Waals surface area contributed by atoms with Crippen LogP contribution in [-0.2, 0) is 12.8 Å². The van der Waals surface area contributed by atoms with Crippen LogP contribution in [0.1, 0.15) is 30.4 Å². The van der Waals surface area contributed by atoms with Crippen molar-refractivity contribution < 1.29 is 0 Å². The van der Waals surface area contributed by atoms with Gasteiger partial charge in [0.15, 0.2) is 0 Å². The third-order valence-electron chi connectivity index (χ3n) is 4.42. The molecule has 2 aliphatic rings. The van der Waals surface area contributed by atoms with Gasteiger partial charge >= 0.3 is 0 Å². The van der Waals surface area contributed by atoms with E-state index in [0.717, 1.165) is 6.54 Å². The summed E-state index contributed by atoms with van der Waals surface area (Å²) in [5, 5.41) is 6.80. The first-order valence-electron chi connectivity index (χ1n) is 6.82. The molecule has 0 amide bonds. The SMILES string of the molecule is CNCC1(Cc2ccc3c(c2)CCN3)CCC1. The first-order chi connectivity index (χ1) is 8.31. The lowest BCUT2D eigenvalue weighted by Gasteiger charge is -2.42. The second kappa shape index (κ2) is 4.34. The fourth-order valence-electron chi connectivity index (χ4n) is 3.37. The second-order valence-corrected chi connectivity index (χ2v) is 5.73. The van der Waals surface area contributed by atoms with Gasteiger partial charge in [-0.05, 0) is 55.3 Å². The molecule has 0 saturated heterocycles. The minimum absolute atomic E-state index is 0.551. The largest absolute Gasteiger partial charge is 0.384 e. The van der Waals surface area contributed by atoms with Crippen LogP contribution >= 0.6 is 0 Å². The molecule has 0 radical (unpaired) electrons. The molecule has 17 heavy (non-hydrogen) atoms. The van der Waals surface area contributed by atoms with Gasteiger partial charge in [-0.1, -0.05) is 18.6 Å². The highest BCUT2D eigenvalue weighted by atomic mass is 14.9. The summed E-state index contributed by atoms with van der Waals surface area (Å²) in [4.78, 5) is 0. The maximum Gasteiger partial charge on any atom is 0.0373 e. The van der Waals surface area contributed by atoms with Crippen LogP contribution in [0.5, 0.6) is 0 Å². The van der Waals surface area contributed by atoms with Crippen molar-refractivity contribution in [1.82, 2.24) is 5.32 Å². The van der Waals surface area contributed by atoms with Gasteiger partial charge in [0, 0.05) is 18.8 Å². The highest BCUT2D eigenvalue weighted by Gasteiger charge is 2.36. The molecule has 0 spiro atoms. The number of benzene rings is 1. The monoisotopic (exact) mass is 230 g/mol. The normalized spacial score (nSPS) is 20.5. The van der Waals surface area contributed by atoms with Gasteiger partial charge < -0.3 is 10.6 Å². The van der Waals surface area contributed by atoms with Crippen LogP contribution in [0, 0.1) is 5.41 Å². The van der Waals surface area contributed by atoms with Crippen LogP contribution in [0.4, 0.5) is 5.69 Å². The minimum Gasteiger partial charge on any atom is -0.384 e. The molecule has 1 aliphatic carbocycles. The van der Waals surface area contributed by atoms with Crippen molar-refractivity contribution in [2.75, 3.05) is 25.5 Å². The molecule has 1 saturated carbocycles. The van der Waals surface area contributed by atoms with Crippen LogP contribution in [0.2, 0.25) is 0 Å². The van der Waals surface area contributed by atoms with E-state index in [0.29, 0.717) is 5.41 Å². The van der Waals surface area contributed by atoms with E-state index in [1.165, 1.54) is 55.5 Å². The summed E-state index contributed by atoms with van der Waals surface area (Å²) >= 11 is 0. The second-order valence-electron chi connectivity index (χ2n) is 5.73. The standard InChI is InChI=1S/C15H22N2/c1-16-11-15(6-2-7-15)10-12-3-4-14-13(9-12)5-8-17-14/h3-4,9,16-17H,2,5-8,10-11H2,1H3. The first-order valence-corrected chi connectivity index (χ1v) is 6.82. The molecule has 1 aromatic carbocycles. The van der Waals surface area contributed by atoms with Crippen LogP contribution in [-0.4, -0.2) is 20.1 Å². The molecular formula is C15H22N2. The molecular weight excluding hydrogens is 208 g/mol. The quantitative estimate of drug-likeness (QED) is 0.831. The molecule has 92 valence electrons. The Bertz CT molecular complexity index is 407. The van der Waals surface area contributed by atoms with E-state index < -0.39 is 0 Å². The molecule has 2 nitrogen and oxygen atoms in total. The molecule has 1 aliphatic heterocycles. The van der Waals surface area contributed by atoms with E-state index in [9.17, 15) is 0 Å². The zero-order chi connectivity index (χ0) is 11.7. The van der Waals surface area contributed by atoms with E-state index in [1.54, 1.807) is 0 Å². The van der Waals surface area contributed by atoms with Gasteiger partial charge in [0.2, 0.25) is 0 Å². The predicted octanol–water partition coefficient (Wildman–Crippen LogP) is 2.59. The summed E-state index contributed by atoms with van der Waals surface area (Å²) in [6.07, 6.45) is 6.64. The van der Waals surface area contributed by atoms with E-state index in [4.69, 9.17) is 0 Å². The molecule has 0 atom stereocenters. The zero-order valence-corrected chi connectivity index (χ0v) is 10.7. The fourth-order valence-corrected chi connectivity index (χ4v) is 3.37. The number of hydrogen-bond donors (Lipinski definition) is 2. The smallest absolute Gasteiger partial charge is 0.0373 e. The number of hydrogen-bond acceptors (Lipinski definition) is 2. The van der Waals surface area contributed by atoms with Crippen molar-refractivity contribution in [3.8, 4) is 0 Å². The Morgan fingerprint density at radius 2 is 2.24 bits per heavy atom. The van der Waals surface area contributed by atoms with Gasteiger partial charge in [-0.2, -0.15) is 0 Å². The van der Waals surface area contributed by atoms with Crippen molar-refractivity contribution in [2.45, 2.75) is 32.1 Å². The third kappa shape index (κ3) is 2.06. The topological polar surface area (TPSA) is 24.1 Å². The average Bonchev–Trinajstić information content (AvgIpc) is 2.73. The van der Waals surface area contributed by atoms with E-state index in [2.05, 4.69) is 35.9 Å². The van der Waals surface area contributed by atoms with Gasteiger partial charge in [0.05, 0.1) is 0 Å². The summed E-state index contributed by atoms with van der Waals surface area (Å²) < 4.78 is 0. The molecule has 1 aromatic rings. The van der Waals surface area contributed by atoms with Crippen molar-refractivity contribution >= 4 is 5.69 Å². The van der Waals surface area contributed by atoms with Gasteiger partial charge in [-0.15, -0.1) is 0 Å². The highest BCUT2D eigenvalue weighted by Crippen LogP contribution is 2.43.